The van der Waals surface area contributed by atoms with E-state index in [0.717, 1.165) is 19.6 Å². The number of rotatable bonds is 2. The number of ether oxygens (including phenoxy) is 1. The number of aromatic nitrogens is 1. The molecule has 0 bridgehead atoms. The van der Waals surface area contributed by atoms with Crippen LogP contribution in [0.15, 0.2) is 24.5 Å². The number of piperazine rings is 1. The molecule has 1 atom stereocenters. The Morgan fingerprint density at radius 3 is 3.00 bits per heavy atom. The lowest BCUT2D eigenvalue weighted by atomic mass is 10.2. The largest absolute Gasteiger partial charge is 0.365 e. The summed E-state index contributed by atoms with van der Waals surface area (Å²) in [4.78, 5) is 8.67. The van der Waals surface area contributed by atoms with Gasteiger partial charge in [-0.25, -0.2) is 0 Å². The van der Waals surface area contributed by atoms with Crippen molar-refractivity contribution in [3.63, 3.8) is 0 Å². The van der Waals surface area contributed by atoms with Crippen LogP contribution in [0.4, 0.5) is 5.69 Å². The number of hydrogen-bond donors (Lipinski definition) is 0. The molecule has 0 amide bonds. The standard InChI is InChI=1S/C11H17N3O/c1-13-6-7-14(9-11(13)15-2)10-4-3-5-12-8-10/h3-5,8,11H,6-7,9H2,1-2H3. The monoisotopic (exact) mass is 207 g/mol. The number of likely N-dealkylation sites (N-methyl/N-ethyl adjacent to an activating group) is 1. The molecular weight excluding hydrogens is 190 g/mol. The predicted octanol–water partition coefficient (Wildman–Crippen LogP) is 0.806. The zero-order valence-electron chi connectivity index (χ0n) is 9.26. The van der Waals surface area contributed by atoms with Gasteiger partial charge >= 0.3 is 0 Å². The second-order valence-corrected chi connectivity index (χ2v) is 3.83. The van der Waals surface area contributed by atoms with Crippen LogP contribution in [0, 0.1) is 0 Å². The van der Waals surface area contributed by atoms with Crippen LogP contribution in [0.2, 0.25) is 0 Å². The van der Waals surface area contributed by atoms with Crippen LogP contribution >= 0.6 is 0 Å². The fourth-order valence-electron chi connectivity index (χ4n) is 1.87. The fourth-order valence-corrected chi connectivity index (χ4v) is 1.87. The van der Waals surface area contributed by atoms with E-state index in [0.29, 0.717) is 0 Å². The Morgan fingerprint density at radius 2 is 2.33 bits per heavy atom. The van der Waals surface area contributed by atoms with Crippen LogP contribution < -0.4 is 4.90 Å². The molecule has 1 fully saturated rings. The summed E-state index contributed by atoms with van der Waals surface area (Å²) in [6, 6.07) is 4.06. The molecule has 0 aromatic carbocycles. The lowest BCUT2D eigenvalue weighted by molar-refractivity contribution is -0.0225. The molecule has 1 saturated heterocycles. The van der Waals surface area contributed by atoms with Crippen molar-refractivity contribution in [3.05, 3.63) is 24.5 Å². The van der Waals surface area contributed by atoms with E-state index in [9.17, 15) is 0 Å². The topological polar surface area (TPSA) is 28.6 Å². The van der Waals surface area contributed by atoms with E-state index < -0.39 is 0 Å². The molecule has 4 heteroatoms. The average molecular weight is 207 g/mol. The zero-order valence-corrected chi connectivity index (χ0v) is 9.26. The molecular formula is C11H17N3O. The van der Waals surface area contributed by atoms with Crippen molar-refractivity contribution >= 4 is 5.69 Å². The van der Waals surface area contributed by atoms with Gasteiger partial charge in [0.25, 0.3) is 0 Å². The smallest absolute Gasteiger partial charge is 0.127 e. The first-order valence-corrected chi connectivity index (χ1v) is 5.19. The van der Waals surface area contributed by atoms with Gasteiger partial charge in [-0.1, -0.05) is 0 Å². The second kappa shape index (κ2) is 4.59. The van der Waals surface area contributed by atoms with Gasteiger partial charge in [-0.3, -0.25) is 9.88 Å². The highest BCUT2D eigenvalue weighted by Gasteiger charge is 2.23. The number of anilines is 1. The second-order valence-electron chi connectivity index (χ2n) is 3.83. The molecule has 1 unspecified atom stereocenters. The summed E-state index contributed by atoms with van der Waals surface area (Å²) in [5, 5.41) is 0. The minimum Gasteiger partial charge on any atom is -0.365 e. The van der Waals surface area contributed by atoms with Crippen LogP contribution in [0.25, 0.3) is 0 Å². The highest BCUT2D eigenvalue weighted by molar-refractivity contribution is 5.44. The third kappa shape index (κ3) is 2.27. The third-order valence-corrected chi connectivity index (χ3v) is 2.87. The van der Waals surface area contributed by atoms with Gasteiger partial charge in [-0.05, 0) is 19.2 Å². The molecule has 2 heterocycles. The van der Waals surface area contributed by atoms with Crippen LogP contribution in [0.5, 0.6) is 0 Å². The van der Waals surface area contributed by atoms with Crippen LogP contribution in [0.1, 0.15) is 0 Å². The van der Waals surface area contributed by atoms with Gasteiger partial charge in [-0.15, -0.1) is 0 Å². The molecule has 0 radical (unpaired) electrons. The van der Waals surface area contributed by atoms with E-state index in [1.54, 1.807) is 13.3 Å². The normalized spacial score (nSPS) is 23.1. The molecule has 1 aromatic heterocycles. The third-order valence-electron chi connectivity index (χ3n) is 2.87. The minimum atomic E-state index is 0.180. The highest BCUT2D eigenvalue weighted by Crippen LogP contribution is 2.16. The van der Waals surface area contributed by atoms with Crippen molar-refractivity contribution in [1.29, 1.82) is 0 Å². The minimum absolute atomic E-state index is 0.180. The molecule has 1 aliphatic heterocycles. The molecule has 0 saturated carbocycles. The molecule has 1 aromatic rings. The Kier molecular flexibility index (Phi) is 3.18. The molecule has 0 N–H and O–H groups in total. The molecule has 1 aliphatic rings. The number of hydrogen-bond acceptors (Lipinski definition) is 4. The van der Waals surface area contributed by atoms with Crippen molar-refractivity contribution in [2.45, 2.75) is 6.23 Å². The Hall–Kier alpha value is -1.13. The van der Waals surface area contributed by atoms with Gasteiger partial charge in [0.05, 0.1) is 18.4 Å². The average Bonchev–Trinajstić information content (AvgIpc) is 2.31. The summed E-state index contributed by atoms with van der Waals surface area (Å²) in [7, 11) is 3.85. The van der Waals surface area contributed by atoms with E-state index in [1.807, 2.05) is 12.3 Å². The summed E-state index contributed by atoms with van der Waals surface area (Å²) in [6.07, 6.45) is 3.88. The first kappa shape index (κ1) is 10.4. The van der Waals surface area contributed by atoms with Crippen molar-refractivity contribution in [1.82, 2.24) is 9.88 Å². The van der Waals surface area contributed by atoms with Crippen molar-refractivity contribution in [2.75, 3.05) is 38.7 Å². The summed E-state index contributed by atoms with van der Waals surface area (Å²) in [6.45, 7) is 2.95. The number of pyridine rings is 1. The van der Waals surface area contributed by atoms with Gasteiger partial charge in [0.2, 0.25) is 0 Å². The lowest BCUT2D eigenvalue weighted by Gasteiger charge is -2.39. The first-order valence-electron chi connectivity index (χ1n) is 5.19. The molecule has 0 aliphatic carbocycles. The zero-order chi connectivity index (χ0) is 10.7. The Balaban J connectivity index is 2.06. The van der Waals surface area contributed by atoms with Gasteiger partial charge in [-0.2, -0.15) is 0 Å². The summed E-state index contributed by atoms with van der Waals surface area (Å²) < 4.78 is 5.42. The van der Waals surface area contributed by atoms with Crippen molar-refractivity contribution in [2.24, 2.45) is 0 Å². The lowest BCUT2D eigenvalue weighted by Crippen LogP contribution is -2.52. The molecule has 2 rings (SSSR count). The van der Waals surface area contributed by atoms with Crippen LogP contribution in [-0.4, -0.2) is 49.9 Å². The molecule has 4 nitrogen and oxygen atoms in total. The summed E-state index contributed by atoms with van der Waals surface area (Å²) in [5.41, 5.74) is 1.17. The van der Waals surface area contributed by atoms with E-state index >= 15 is 0 Å². The maximum atomic E-state index is 5.42. The van der Waals surface area contributed by atoms with Gasteiger partial charge in [0.15, 0.2) is 0 Å². The van der Waals surface area contributed by atoms with Crippen molar-refractivity contribution < 1.29 is 4.74 Å². The molecule has 15 heavy (non-hydrogen) atoms. The maximum absolute atomic E-state index is 5.42. The van der Waals surface area contributed by atoms with E-state index in [-0.39, 0.29) is 6.23 Å². The summed E-state index contributed by atoms with van der Waals surface area (Å²) >= 11 is 0. The first-order chi connectivity index (χ1) is 7.31. The van der Waals surface area contributed by atoms with Gasteiger partial charge in [0.1, 0.15) is 6.23 Å². The number of methoxy groups -OCH3 is 1. The predicted molar refractivity (Wildman–Crippen MR) is 59.9 cm³/mol. The SMILES string of the molecule is COC1CN(c2cccnc2)CCN1C. The molecule has 82 valence electrons. The van der Waals surface area contributed by atoms with Crippen LogP contribution in [-0.2, 0) is 4.74 Å². The van der Waals surface area contributed by atoms with Gasteiger partial charge < -0.3 is 9.64 Å². The fraction of sp³-hybridized carbons (Fsp3) is 0.545. The Morgan fingerprint density at radius 1 is 1.47 bits per heavy atom. The van der Waals surface area contributed by atoms with Crippen LogP contribution in [0.3, 0.4) is 0 Å². The molecule has 0 spiro atoms. The van der Waals surface area contributed by atoms with Gasteiger partial charge in [0, 0.05) is 26.4 Å². The highest BCUT2D eigenvalue weighted by atomic mass is 16.5. The van der Waals surface area contributed by atoms with Crippen molar-refractivity contribution in [3.8, 4) is 0 Å². The number of nitrogens with zero attached hydrogens (tertiary/aromatic N) is 3. The van der Waals surface area contributed by atoms with E-state index in [1.165, 1.54) is 5.69 Å². The summed E-state index contributed by atoms with van der Waals surface area (Å²) in [5.74, 6) is 0. The quantitative estimate of drug-likeness (QED) is 0.717. The Bertz CT molecular complexity index is 304. The Labute approximate surface area is 90.5 Å². The van der Waals surface area contributed by atoms with E-state index in [2.05, 4.69) is 27.9 Å². The maximum Gasteiger partial charge on any atom is 0.127 e. The van der Waals surface area contributed by atoms with E-state index in [4.69, 9.17) is 4.74 Å².